The van der Waals surface area contributed by atoms with Gasteiger partial charge in [-0.2, -0.15) is 0 Å². The lowest BCUT2D eigenvalue weighted by molar-refractivity contribution is -0.133. The zero-order valence-electron chi connectivity index (χ0n) is 12.4. The Bertz CT molecular complexity index is 989. The molecule has 9 heteroatoms. The number of benzene rings is 2. The lowest BCUT2D eigenvalue weighted by Gasteiger charge is -2.02. The Morgan fingerprint density at radius 2 is 2.12 bits per heavy atom. The number of hydrogen-bond acceptors (Lipinski definition) is 6. The van der Waals surface area contributed by atoms with Gasteiger partial charge in [-0.3, -0.25) is 9.79 Å². The minimum atomic E-state index is -0.880. The molecule has 5 nitrogen and oxygen atoms in total. The number of phenolic OH excluding ortho intramolecular Hbond substituents is 1. The van der Waals surface area contributed by atoms with Crippen LogP contribution in [0.5, 0.6) is 5.75 Å². The molecule has 1 aromatic heterocycles. The fraction of sp³-hybridized carbons (Fsp3) is 0.0625. The summed E-state index contributed by atoms with van der Waals surface area (Å²) in [5.74, 6) is -0.991. The number of thioether (sulfide) groups is 1. The van der Waals surface area contributed by atoms with Crippen LogP contribution in [0.4, 0.5) is 5.69 Å². The molecule has 0 aliphatic rings. The van der Waals surface area contributed by atoms with E-state index in [4.69, 9.17) is 28.3 Å². The maximum absolute atomic E-state index is 10.6. The number of carboxylic acid groups (broad SMARTS) is 1. The molecule has 25 heavy (non-hydrogen) atoms. The second-order valence-electron chi connectivity index (χ2n) is 4.90. The van der Waals surface area contributed by atoms with Crippen LogP contribution >= 0.6 is 46.3 Å². The number of carbonyl (C=O) groups is 1. The van der Waals surface area contributed by atoms with Crippen molar-refractivity contribution in [2.24, 2.45) is 4.99 Å². The van der Waals surface area contributed by atoms with Gasteiger partial charge in [0.15, 0.2) is 4.34 Å². The zero-order valence-corrected chi connectivity index (χ0v) is 15.6. The molecule has 0 aliphatic carbocycles. The van der Waals surface area contributed by atoms with Gasteiger partial charge in [-0.05, 0) is 30.3 Å². The fourth-order valence-corrected chi connectivity index (χ4v) is 4.32. The molecule has 0 spiro atoms. The highest BCUT2D eigenvalue weighted by molar-refractivity contribution is 8.01. The Labute approximate surface area is 160 Å². The standard InChI is InChI=1S/C16H10Cl2N2O3S2/c17-9-3-8(15(23)11(18)4-9)6-19-10-1-2-12-13(5-10)25-16(20-12)24-7-14(21)22/h1-6,23H,7H2,(H,21,22). The van der Waals surface area contributed by atoms with E-state index in [2.05, 4.69) is 9.98 Å². The molecule has 0 fully saturated rings. The van der Waals surface area contributed by atoms with Crippen molar-refractivity contribution < 1.29 is 15.0 Å². The first-order valence-corrected chi connectivity index (χ1v) is 9.45. The van der Waals surface area contributed by atoms with Gasteiger partial charge in [-0.1, -0.05) is 35.0 Å². The molecule has 0 aliphatic heterocycles. The van der Waals surface area contributed by atoms with Gasteiger partial charge in [-0.25, -0.2) is 4.98 Å². The molecule has 0 amide bonds. The molecule has 3 rings (SSSR count). The van der Waals surface area contributed by atoms with E-state index >= 15 is 0 Å². The van der Waals surface area contributed by atoms with Gasteiger partial charge in [0.1, 0.15) is 5.75 Å². The van der Waals surface area contributed by atoms with Crippen LogP contribution < -0.4 is 0 Å². The van der Waals surface area contributed by atoms with Crippen LogP contribution in [0.2, 0.25) is 10.0 Å². The number of halogens is 2. The molecular weight excluding hydrogens is 403 g/mol. The van der Waals surface area contributed by atoms with E-state index in [-0.39, 0.29) is 16.5 Å². The van der Waals surface area contributed by atoms with Crippen molar-refractivity contribution in [3.63, 3.8) is 0 Å². The number of aliphatic imine (C=N–C) groups is 1. The van der Waals surface area contributed by atoms with E-state index in [1.807, 2.05) is 12.1 Å². The number of rotatable bonds is 5. The lowest BCUT2D eigenvalue weighted by atomic mass is 10.2. The van der Waals surface area contributed by atoms with Gasteiger partial charge in [-0.15, -0.1) is 11.3 Å². The summed E-state index contributed by atoms with van der Waals surface area (Å²) >= 11 is 14.4. The molecule has 2 N–H and O–H groups in total. The lowest BCUT2D eigenvalue weighted by Crippen LogP contribution is -1.96. The minimum absolute atomic E-state index is 0.0281. The summed E-state index contributed by atoms with van der Waals surface area (Å²) < 4.78 is 1.59. The van der Waals surface area contributed by atoms with Crippen molar-refractivity contribution >= 4 is 74.4 Å². The SMILES string of the molecule is O=C(O)CSc1nc2ccc(N=Cc3cc(Cl)cc(Cl)c3O)cc2s1. The number of nitrogens with zero attached hydrogens (tertiary/aromatic N) is 2. The molecular formula is C16H10Cl2N2O3S2. The number of phenols is 1. The van der Waals surface area contributed by atoms with Crippen LogP contribution in [0.1, 0.15) is 5.56 Å². The largest absolute Gasteiger partial charge is 0.506 e. The fourth-order valence-electron chi connectivity index (χ4n) is 1.99. The number of aliphatic carboxylic acids is 1. The predicted molar refractivity (Wildman–Crippen MR) is 103 cm³/mol. The van der Waals surface area contributed by atoms with Crippen LogP contribution in [0, 0.1) is 0 Å². The first-order chi connectivity index (χ1) is 11.9. The Hall–Kier alpha value is -1.80. The Balaban J connectivity index is 1.85. The topological polar surface area (TPSA) is 82.8 Å². The highest BCUT2D eigenvalue weighted by atomic mass is 35.5. The summed E-state index contributed by atoms with van der Waals surface area (Å²) in [4.78, 5) is 19.3. The number of carboxylic acids is 1. The monoisotopic (exact) mass is 412 g/mol. The maximum atomic E-state index is 10.6. The minimum Gasteiger partial charge on any atom is -0.506 e. The van der Waals surface area contributed by atoms with Crippen LogP contribution in [-0.2, 0) is 4.79 Å². The Kier molecular flexibility index (Phi) is 5.48. The third-order valence-electron chi connectivity index (χ3n) is 3.08. The zero-order chi connectivity index (χ0) is 18.0. The number of aromatic hydroxyl groups is 1. The van der Waals surface area contributed by atoms with E-state index in [9.17, 15) is 9.90 Å². The van der Waals surface area contributed by atoms with Crippen LogP contribution in [0.3, 0.4) is 0 Å². The van der Waals surface area contributed by atoms with Gasteiger partial charge in [0.2, 0.25) is 0 Å². The van der Waals surface area contributed by atoms with Crippen molar-refractivity contribution in [1.29, 1.82) is 0 Å². The Morgan fingerprint density at radius 1 is 1.32 bits per heavy atom. The van der Waals surface area contributed by atoms with E-state index in [0.717, 1.165) is 10.2 Å². The number of hydrogen-bond donors (Lipinski definition) is 2. The molecule has 128 valence electrons. The maximum Gasteiger partial charge on any atom is 0.313 e. The first kappa shape index (κ1) is 18.0. The number of thiazole rings is 1. The van der Waals surface area contributed by atoms with Crippen molar-refractivity contribution in [2.75, 3.05) is 5.75 Å². The summed E-state index contributed by atoms with van der Waals surface area (Å²) in [5, 5.41) is 19.2. The summed E-state index contributed by atoms with van der Waals surface area (Å²) in [6.07, 6.45) is 1.48. The van der Waals surface area contributed by atoms with Crippen LogP contribution in [-0.4, -0.2) is 33.1 Å². The van der Waals surface area contributed by atoms with E-state index in [1.165, 1.54) is 35.4 Å². The van der Waals surface area contributed by atoms with Gasteiger partial charge in [0.05, 0.1) is 26.7 Å². The van der Waals surface area contributed by atoms with Gasteiger partial charge in [0, 0.05) is 16.8 Å². The highest BCUT2D eigenvalue weighted by Crippen LogP contribution is 2.33. The molecule has 0 radical (unpaired) electrons. The van der Waals surface area contributed by atoms with Crippen LogP contribution in [0.15, 0.2) is 39.7 Å². The molecule has 0 saturated heterocycles. The first-order valence-electron chi connectivity index (χ1n) is 6.89. The summed E-state index contributed by atoms with van der Waals surface area (Å²) in [6.45, 7) is 0. The summed E-state index contributed by atoms with van der Waals surface area (Å²) in [6, 6.07) is 8.46. The second-order valence-corrected chi connectivity index (χ2v) is 7.99. The Morgan fingerprint density at radius 3 is 2.88 bits per heavy atom. The third kappa shape index (κ3) is 4.43. The van der Waals surface area contributed by atoms with Crippen molar-refractivity contribution in [1.82, 2.24) is 4.98 Å². The number of fused-ring (bicyclic) bond motifs is 1. The van der Waals surface area contributed by atoms with Gasteiger partial charge in [0.25, 0.3) is 0 Å². The van der Waals surface area contributed by atoms with E-state index in [0.29, 0.717) is 20.6 Å². The molecule has 3 aromatic rings. The smallest absolute Gasteiger partial charge is 0.313 e. The average molecular weight is 413 g/mol. The van der Waals surface area contributed by atoms with E-state index < -0.39 is 5.97 Å². The quantitative estimate of drug-likeness (QED) is 0.442. The highest BCUT2D eigenvalue weighted by Gasteiger charge is 2.08. The molecule has 0 saturated carbocycles. The van der Waals surface area contributed by atoms with E-state index in [1.54, 1.807) is 12.1 Å². The molecule has 1 heterocycles. The van der Waals surface area contributed by atoms with Crippen LogP contribution in [0.25, 0.3) is 10.2 Å². The molecule has 0 bridgehead atoms. The van der Waals surface area contributed by atoms with Gasteiger partial charge >= 0.3 is 5.97 Å². The van der Waals surface area contributed by atoms with Crippen molar-refractivity contribution in [3.05, 3.63) is 45.9 Å². The molecule has 0 atom stereocenters. The predicted octanol–water partition coefficient (Wildman–Crippen LogP) is 5.24. The van der Waals surface area contributed by atoms with Crippen molar-refractivity contribution in [2.45, 2.75) is 4.34 Å². The summed E-state index contributed by atoms with van der Waals surface area (Å²) in [7, 11) is 0. The third-order valence-corrected chi connectivity index (χ3v) is 5.73. The van der Waals surface area contributed by atoms with Gasteiger partial charge < -0.3 is 10.2 Å². The molecule has 2 aromatic carbocycles. The normalized spacial score (nSPS) is 11.4. The second kappa shape index (κ2) is 7.61. The summed E-state index contributed by atoms with van der Waals surface area (Å²) in [5.41, 5.74) is 1.87. The molecule has 0 unspecified atom stereocenters. The van der Waals surface area contributed by atoms with Crippen molar-refractivity contribution in [3.8, 4) is 5.75 Å². The number of aromatic nitrogens is 1. The average Bonchev–Trinajstić information content (AvgIpc) is 2.97.